The summed E-state index contributed by atoms with van der Waals surface area (Å²) in [7, 11) is 0. The zero-order chi connectivity index (χ0) is 15.4. The van der Waals surface area contributed by atoms with E-state index in [0.29, 0.717) is 12.2 Å². The van der Waals surface area contributed by atoms with Crippen LogP contribution >= 0.6 is 0 Å². The Hall–Kier alpha value is -2.96. The van der Waals surface area contributed by atoms with Crippen molar-refractivity contribution in [2.45, 2.75) is 13.5 Å². The lowest BCUT2D eigenvalue weighted by atomic mass is 10.1. The van der Waals surface area contributed by atoms with E-state index in [2.05, 4.69) is 10.3 Å². The molecule has 2 N–H and O–H groups in total. The number of nitrogens with zero attached hydrogens (tertiary/aromatic N) is 2. The second kappa shape index (κ2) is 6.00. The molecule has 2 rings (SSSR count). The number of pyridine rings is 1. The van der Waals surface area contributed by atoms with Gasteiger partial charge in [0.25, 0.3) is 5.69 Å². The van der Waals surface area contributed by atoms with Gasteiger partial charge >= 0.3 is 5.97 Å². The molecule has 1 aromatic carbocycles. The maximum Gasteiger partial charge on any atom is 0.354 e. The number of hydrogen-bond acceptors (Lipinski definition) is 5. The number of nitrogens with one attached hydrogen (secondary N) is 1. The van der Waals surface area contributed by atoms with Gasteiger partial charge in [0.15, 0.2) is 0 Å². The van der Waals surface area contributed by atoms with E-state index in [1.165, 1.54) is 18.3 Å². The number of anilines is 1. The number of carboxylic acids is 1. The van der Waals surface area contributed by atoms with E-state index in [4.69, 9.17) is 5.11 Å². The average molecular weight is 287 g/mol. The highest BCUT2D eigenvalue weighted by molar-refractivity contribution is 5.85. The van der Waals surface area contributed by atoms with Gasteiger partial charge in [-0.05, 0) is 24.1 Å². The molecule has 0 unspecified atom stereocenters. The SMILES string of the molecule is Cc1cccc([N+](=O)[O-])c1NCc1ccc(C(=O)O)nc1. The van der Waals surface area contributed by atoms with Crippen molar-refractivity contribution in [3.8, 4) is 0 Å². The van der Waals surface area contributed by atoms with Gasteiger partial charge in [0, 0.05) is 18.8 Å². The minimum Gasteiger partial charge on any atom is -0.477 e. The van der Waals surface area contributed by atoms with Gasteiger partial charge in [0.2, 0.25) is 0 Å². The maximum absolute atomic E-state index is 11.0. The molecule has 0 saturated carbocycles. The number of nitro groups is 1. The topological polar surface area (TPSA) is 105 Å². The van der Waals surface area contributed by atoms with E-state index >= 15 is 0 Å². The van der Waals surface area contributed by atoms with Crippen LogP contribution in [0, 0.1) is 17.0 Å². The molecule has 1 heterocycles. The fraction of sp³-hybridized carbons (Fsp3) is 0.143. The van der Waals surface area contributed by atoms with Crippen LogP contribution in [0.2, 0.25) is 0 Å². The summed E-state index contributed by atoms with van der Waals surface area (Å²) < 4.78 is 0. The molecule has 0 amide bonds. The zero-order valence-electron chi connectivity index (χ0n) is 11.2. The van der Waals surface area contributed by atoms with Gasteiger partial charge < -0.3 is 10.4 Å². The molecule has 1 aromatic heterocycles. The fourth-order valence-electron chi connectivity index (χ4n) is 1.88. The van der Waals surface area contributed by atoms with Crippen molar-refractivity contribution in [1.29, 1.82) is 0 Å². The Labute approximate surface area is 120 Å². The highest BCUT2D eigenvalue weighted by Crippen LogP contribution is 2.27. The van der Waals surface area contributed by atoms with E-state index < -0.39 is 10.9 Å². The largest absolute Gasteiger partial charge is 0.477 e. The minimum absolute atomic E-state index is 0.00474. The number of aryl methyl sites for hydroxylation is 1. The van der Waals surface area contributed by atoms with Crippen LogP contribution in [-0.4, -0.2) is 21.0 Å². The summed E-state index contributed by atoms with van der Waals surface area (Å²) in [6.07, 6.45) is 1.43. The van der Waals surface area contributed by atoms with Crippen LogP contribution in [0.15, 0.2) is 36.5 Å². The number of carbonyl (C=O) groups is 1. The van der Waals surface area contributed by atoms with Crippen LogP contribution < -0.4 is 5.32 Å². The van der Waals surface area contributed by atoms with E-state index in [1.807, 2.05) is 0 Å². The third kappa shape index (κ3) is 3.33. The fourth-order valence-corrected chi connectivity index (χ4v) is 1.88. The third-order valence-corrected chi connectivity index (χ3v) is 2.96. The number of nitro benzene ring substituents is 1. The van der Waals surface area contributed by atoms with Crippen LogP contribution in [0.3, 0.4) is 0 Å². The van der Waals surface area contributed by atoms with Crippen molar-refractivity contribution in [3.63, 3.8) is 0 Å². The Balaban J connectivity index is 2.16. The van der Waals surface area contributed by atoms with E-state index in [9.17, 15) is 14.9 Å². The summed E-state index contributed by atoms with van der Waals surface area (Å²) in [4.78, 5) is 25.0. The molecule has 7 nitrogen and oxygen atoms in total. The second-order valence-corrected chi connectivity index (χ2v) is 4.44. The molecule has 0 bridgehead atoms. The quantitative estimate of drug-likeness (QED) is 0.646. The normalized spacial score (nSPS) is 10.1. The van der Waals surface area contributed by atoms with Crippen molar-refractivity contribution in [2.24, 2.45) is 0 Å². The summed E-state index contributed by atoms with van der Waals surface area (Å²) in [6.45, 7) is 2.10. The van der Waals surface area contributed by atoms with Crippen LogP contribution in [0.1, 0.15) is 21.6 Å². The van der Waals surface area contributed by atoms with Crippen molar-refractivity contribution in [1.82, 2.24) is 4.98 Å². The Morgan fingerprint density at radius 2 is 2.14 bits per heavy atom. The van der Waals surface area contributed by atoms with Gasteiger partial charge in [-0.1, -0.05) is 18.2 Å². The number of para-hydroxylation sites is 1. The molecule has 108 valence electrons. The summed E-state index contributed by atoms with van der Waals surface area (Å²) in [5.41, 5.74) is 1.91. The monoisotopic (exact) mass is 287 g/mol. The van der Waals surface area contributed by atoms with E-state index in [0.717, 1.165) is 11.1 Å². The Morgan fingerprint density at radius 1 is 1.38 bits per heavy atom. The van der Waals surface area contributed by atoms with E-state index in [1.54, 1.807) is 25.1 Å². The highest BCUT2D eigenvalue weighted by atomic mass is 16.6. The van der Waals surface area contributed by atoms with Crippen LogP contribution in [0.4, 0.5) is 11.4 Å². The molecular weight excluding hydrogens is 274 g/mol. The van der Waals surface area contributed by atoms with Crippen LogP contribution in [0.5, 0.6) is 0 Å². The summed E-state index contributed by atoms with van der Waals surface area (Å²) in [5.74, 6) is -1.09. The molecule has 0 aliphatic heterocycles. The molecule has 2 aromatic rings. The molecule has 21 heavy (non-hydrogen) atoms. The Kier molecular flexibility index (Phi) is 4.13. The number of hydrogen-bond donors (Lipinski definition) is 2. The minimum atomic E-state index is -1.09. The smallest absolute Gasteiger partial charge is 0.354 e. The van der Waals surface area contributed by atoms with Crippen LogP contribution in [0.25, 0.3) is 0 Å². The molecule has 0 aliphatic rings. The Bertz CT molecular complexity index is 683. The lowest BCUT2D eigenvalue weighted by Gasteiger charge is -2.10. The van der Waals surface area contributed by atoms with Gasteiger partial charge in [0.05, 0.1) is 4.92 Å². The Morgan fingerprint density at radius 3 is 2.71 bits per heavy atom. The van der Waals surface area contributed by atoms with Crippen molar-refractivity contribution < 1.29 is 14.8 Å². The average Bonchev–Trinajstić information content (AvgIpc) is 2.46. The molecule has 0 fully saturated rings. The predicted molar refractivity (Wildman–Crippen MR) is 76.4 cm³/mol. The number of benzene rings is 1. The number of aromatic nitrogens is 1. The first-order valence-electron chi connectivity index (χ1n) is 6.15. The molecule has 0 saturated heterocycles. The molecule has 7 heteroatoms. The zero-order valence-corrected chi connectivity index (χ0v) is 11.2. The van der Waals surface area contributed by atoms with Crippen molar-refractivity contribution >= 4 is 17.3 Å². The maximum atomic E-state index is 11.0. The number of aromatic carboxylic acids is 1. The lowest BCUT2D eigenvalue weighted by molar-refractivity contribution is -0.384. The molecule has 0 atom stereocenters. The lowest BCUT2D eigenvalue weighted by Crippen LogP contribution is -2.06. The molecular formula is C14H13N3O4. The predicted octanol–water partition coefficient (Wildman–Crippen LogP) is 2.61. The van der Waals surface area contributed by atoms with Crippen molar-refractivity contribution in [2.75, 3.05) is 5.32 Å². The van der Waals surface area contributed by atoms with Gasteiger partial charge in [-0.15, -0.1) is 0 Å². The van der Waals surface area contributed by atoms with E-state index in [-0.39, 0.29) is 11.4 Å². The first-order valence-corrected chi connectivity index (χ1v) is 6.15. The summed E-state index contributed by atoms with van der Waals surface area (Å²) in [6, 6.07) is 7.85. The van der Waals surface area contributed by atoms with Crippen LogP contribution in [-0.2, 0) is 6.54 Å². The highest BCUT2D eigenvalue weighted by Gasteiger charge is 2.15. The van der Waals surface area contributed by atoms with Gasteiger partial charge in [-0.25, -0.2) is 9.78 Å². The van der Waals surface area contributed by atoms with Gasteiger partial charge in [-0.2, -0.15) is 0 Å². The molecule has 0 aliphatic carbocycles. The third-order valence-electron chi connectivity index (χ3n) is 2.96. The summed E-state index contributed by atoms with van der Waals surface area (Å²) in [5, 5.41) is 22.8. The number of rotatable bonds is 5. The van der Waals surface area contributed by atoms with Gasteiger partial charge in [0.1, 0.15) is 11.4 Å². The number of carboxylic acid groups (broad SMARTS) is 1. The molecule has 0 spiro atoms. The first kappa shape index (κ1) is 14.4. The summed E-state index contributed by atoms with van der Waals surface area (Å²) >= 11 is 0. The van der Waals surface area contributed by atoms with Gasteiger partial charge in [-0.3, -0.25) is 10.1 Å². The standard InChI is InChI=1S/C14H13N3O4/c1-9-3-2-4-12(17(20)21)13(9)16-8-10-5-6-11(14(18)19)15-7-10/h2-7,16H,8H2,1H3,(H,18,19). The first-order chi connectivity index (χ1) is 9.99. The molecule has 0 radical (unpaired) electrons. The second-order valence-electron chi connectivity index (χ2n) is 4.44. The van der Waals surface area contributed by atoms with Crippen molar-refractivity contribution in [3.05, 3.63) is 63.5 Å².